The normalized spacial score (nSPS) is 12.9. The number of nitrogens with one attached hydrogen (secondary N) is 2. The number of thiol groups is 1. The van der Waals surface area contributed by atoms with Gasteiger partial charge in [0.1, 0.15) is 18.6 Å². The van der Waals surface area contributed by atoms with Gasteiger partial charge in [0.25, 0.3) is 0 Å². The van der Waals surface area contributed by atoms with Crippen LogP contribution >= 0.6 is 12.6 Å². The summed E-state index contributed by atoms with van der Waals surface area (Å²) in [6.45, 7) is 8.35. The van der Waals surface area contributed by atoms with E-state index in [1.165, 1.54) is 0 Å². The summed E-state index contributed by atoms with van der Waals surface area (Å²) in [6.07, 6.45) is 1.52. The maximum atomic E-state index is 12.1. The highest BCUT2D eigenvalue weighted by Gasteiger charge is 2.22. The second-order valence-electron chi connectivity index (χ2n) is 7.92. The number of nitrogens with two attached hydrogens (primary N) is 1. The van der Waals surface area contributed by atoms with Crippen molar-refractivity contribution in [2.45, 2.75) is 65.5 Å². The van der Waals surface area contributed by atoms with Crippen molar-refractivity contribution in [1.82, 2.24) is 10.6 Å². The largest absolute Gasteiger partial charge is 0.465 e. The third kappa shape index (κ3) is 14.2. The van der Waals surface area contributed by atoms with E-state index in [-0.39, 0.29) is 31.7 Å². The van der Waals surface area contributed by atoms with Crippen LogP contribution in [-0.2, 0) is 28.7 Å². The van der Waals surface area contributed by atoms with Gasteiger partial charge in [-0.3, -0.25) is 19.2 Å². The van der Waals surface area contributed by atoms with Crippen molar-refractivity contribution in [2.75, 3.05) is 25.5 Å². The molecule has 0 aliphatic carbocycles. The second kappa shape index (κ2) is 16.0. The molecule has 0 heterocycles. The van der Waals surface area contributed by atoms with E-state index >= 15 is 0 Å². The van der Waals surface area contributed by atoms with Gasteiger partial charge in [-0.15, -0.1) is 0 Å². The Balaban J connectivity index is 4.22. The van der Waals surface area contributed by atoms with E-state index in [2.05, 4.69) is 23.3 Å². The van der Waals surface area contributed by atoms with Gasteiger partial charge in [-0.1, -0.05) is 27.7 Å². The van der Waals surface area contributed by atoms with Crippen molar-refractivity contribution >= 4 is 36.4 Å². The lowest BCUT2D eigenvalue weighted by atomic mass is 10.1. The Hall–Kier alpha value is -1.81. The average molecular weight is 448 g/mol. The molecule has 2 atom stereocenters. The molecule has 9 nitrogen and oxygen atoms in total. The quantitative estimate of drug-likeness (QED) is 0.215. The molecule has 0 saturated heterocycles. The fourth-order valence-electron chi connectivity index (χ4n) is 2.11. The summed E-state index contributed by atoms with van der Waals surface area (Å²) in [5, 5.41) is 4.93. The topological polar surface area (TPSA) is 137 Å². The molecule has 2 unspecified atom stereocenters. The van der Waals surface area contributed by atoms with Crippen molar-refractivity contribution in [2.24, 2.45) is 17.6 Å². The smallest absolute Gasteiger partial charge is 0.325 e. The molecule has 0 aromatic carbocycles. The predicted molar refractivity (Wildman–Crippen MR) is 117 cm³/mol. The number of esters is 2. The first-order valence-corrected chi connectivity index (χ1v) is 11.0. The van der Waals surface area contributed by atoms with Gasteiger partial charge >= 0.3 is 11.9 Å². The molecule has 0 radical (unpaired) electrons. The van der Waals surface area contributed by atoms with Crippen molar-refractivity contribution in [3.05, 3.63) is 0 Å². The number of amides is 2. The molecule has 4 N–H and O–H groups in total. The molecule has 0 spiro atoms. The highest BCUT2D eigenvalue weighted by molar-refractivity contribution is 7.80. The van der Waals surface area contributed by atoms with Crippen molar-refractivity contribution < 1.29 is 28.7 Å². The Bertz CT molecular complexity index is 557. The molecule has 2 amide bonds. The third-order valence-corrected chi connectivity index (χ3v) is 4.49. The summed E-state index contributed by atoms with van der Waals surface area (Å²) in [6, 6.07) is -1.83. The number of hydrogen-bond acceptors (Lipinski definition) is 8. The van der Waals surface area contributed by atoms with Crippen LogP contribution < -0.4 is 16.4 Å². The first-order valence-electron chi connectivity index (χ1n) is 10.3. The van der Waals surface area contributed by atoms with E-state index in [0.717, 1.165) is 12.8 Å². The maximum Gasteiger partial charge on any atom is 0.325 e. The van der Waals surface area contributed by atoms with E-state index < -0.39 is 35.8 Å². The minimum absolute atomic E-state index is 0.0449. The average Bonchev–Trinajstić information content (AvgIpc) is 2.67. The Kier molecular flexibility index (Phi) is 15.0. The fourth-order valence-corrected chi connectivity index (χ4v) is 2.37. The van der Waals surface area contributed by atoms with Crippen molar-refractivity contribution in [3.8, 4) is 0 Å². The Labute approximate surface area is 184 Å². The van der Waals surface area contributed by atoms with Gasteiger partial charge in [0, 0.05) is 12.2 Å². The molecule has 10 heteroatoms. The Morgan fingerprint density at radius 2 is 1.50 bits per heavy atom. The first kappa shape index (κ1) is 28.2. The molecule has 30 heavy (non-hydrogen) atoms. The Morgan fingerprint density at radius 1 is 0.933 bits per heavy atom. The lowest BCUT2D eigenvalue weighted by molar-refractivity contribution is -0.146. The number of carbonyl (C=O) groups is 4. The van der Waals surface area contributed by atoms with Gasteiger partial charge in [-0.2, -0.15) is 12.6 Å². The summed E-state index contributed by atoms with van der Waals surface area (Å²) in [7, 11) is 0. The van der Waals surface area contributed by atoms with Gasteiger partial charge in [0.15, 0.2) is 0 Å². The fraction of sp³-hybridized carbons (Fsp3) is 0.800. The van der Waals surface area contributed by atoms with Gasteiger partial charge < -0.3 is 25.8 Å². The van der Waals surface area contributed by atoms with Gasteiger partial charge in [-0.25, -0.2) is 0 Å². The lowest BCUT2D eigenvalue weighted by Gasteiger charge is -2.17. The van der Waals surface area contributed by atoms with Crippen LogP contribution in [0.25, 0.3) is 0 Å². The summed E-state index contributed by atoms with van der Waals surface area (Å²) in [5.41, 5.74) is 5.74. The number of rotatable bonds is 15. The van der Waals surface area contributed by atoms with Crippen LogP contribution in [-0.4, -0.2) is 61.3 Å². The maximum absolute atomic E-state index is 12.1. The van der Waals surface area contributed by atoms with Crippen LogP contribution in [0.4, 0.5) is 0 Å². The van der Waals surface area contributed by atoms with Crippen LogP contribution in [0.5, 0.6) is 0 Å². The monoisotopic (exact) mass is 447 g/mol. The van der Waals surface area contributed by atoms with Crippen LogP contribution in [0.1, 0.15) is 53.4 Å². The summed E-state index contributed by atoms with van der Waals surface area (Å²) in [4.78, 5) is 47.6. The van der Waals surface area contributed by atoms with Gasteiger partial charge in [0.05, 0.1) is 13.2 Å². The molecule has 0 aromatic rings. The lowest BCUT2D eigenvalue weighted by Crippen LogP contribution is -2.49. The summed E-state index contributed by atoms with van der Waals surface area (Å²) in [5.74, 6) is -1.23. The van der Waals surface area contributed by atoms with Gasteiger partial charge in [-0.05, 0) is 31.1 Å². The van der Waals surface area contributed by atoms with E-state index in [4.69, 9.17) is 15.2 Å². The Morgan fingerprint density at radius 3 is 2.03 bits per heavy atom. The first-order chi connectivity index (χ1) is 14.1. The molecule has 0 fully saturated rings. The molecule has 0 aromatic heterocycles. The molecule has 174 valence electrons. The molecular weight excluding hydrogens is 410 g/mol. The zero-order valence-electron chi connectivity index (χ0n) is 18.4. The van der Waals surface area contributed by atoms with Crippen LogP contribution in [0.2, 0.25) is 0 Å². The highest BCUT2D eigenvalue weighted by atomic mass is 32.1. The number of hydrogen-bond donors (Lipinski definition) is 4. The standard InChI is InChI=1S/C20H37N3O6S/c1-13(2)7-9-28-18(25)11-22-19(26)16(12-30)23-17(24)6-5-15(21)20(27)29-10-8-14(3)4/h13-16,30H,5-12,21H2,1-4H3,(H,22,26)(H,23,24). The van der Waals surface area contributed by atoms with E-state index in [9.17, 15) is 19.2 Å². The van der Waals surface area contributed by atoms with Gasteiger partial charge in [0.2, 0.25) is 11.8 Å². The van der Waals surface area contributed by atoms with Crippen LogP contribution in [0.3, 0.4) is 0 Å². The van der Waals surface area contributed by atoms with E-state index in [1.807, 2.05) is 27.7 Å². The second-order valence-corrected chi connectivity index (χ2v) is 8.28. The molecule has 0 rings (SSSR count). The molecule has 0 saturated carbocycles. The predicted octanol–water partition coefficient (Wildman–Crippen LogP) is 0.803. The molecule has 0 aliphatic heterocycles. The zero-order valence-corrected chi connectivity index (χ0v) is 19.3. The number of carbonyl (C=O) groups excluding carboxylic acids is 4. The third-order valence-electron chi connectivity index (χ3n) is 4.12. The van der Waals surface area contributed by atoms with E-state index in [0.29, 0.717) is 18.4 Å². The van der Waals surface area contributed by atoms with E-state index in [1.54, 1.807) is 0 Å². The number of ether oxygens (including phenoxy) is 2. The minimum Gasteiger partial charge on any atom is -0.465 e. The summed E-state index contributed by atoms with van der Waals surface area (Å²) < 4.78 is 10.1. The summed E-state index contributed by atoms with van der Waals surface area (Å²) >= 11 is 4.06. The highest BCUT2D eigenvalue weighted by Crippen LogP contribution is 2.03. The minimum atomic E-state index is -0.918. The molecular formula is C20H37N3O6S. The van der Waals surface area contributed by atoms with Crippen LogP contribution in [0.15, 0.2) is 0 Å². The van der Waals surface area contributed by atoms with Crippen molar-refractivity contribution in [3.63, 3.8) is 0 Å². The SMILES string of the molecule is CC(C)CCOC(=O)CNC(=O)C(CS)NC(=O)CCC(N)C(=O)OCCC(C)C. The zero-order chi connectivity index (χ0) is 23.1. The molecule has 0 bridgehead atoms. The van der Waals surface area contributed by atoms with Crippen molar-refractivity contribution in [1.29, 1.82) is 0 Å². The van der Waals surface area contributed by atoms with Crippen LogP contribution in [0, 0.1) is 11.8 Å². The molecule has 0 aliphatic rings.